The molecule has 1 fully saturated rings. The summed E-state index contributed by atoms with van der Waals surface area (Å²) in [4.78, 5) is 12.8. The van der Waals surface area contributed by atoms with E-state index in [2.05, 4.69) is 17.0 Å². The van der Waals surface area contributed by atoms with Crippen LogP contribution in [0.15, 0.2) is 33.9 Å². The maximum Gasteiger partial charge on any atom is 0.332 e. The molecule has 1 saturated carbocycles. The van der Waals surface area contributed by atoms with Gasteiger partial charge in [0.1, 0.15) is 0 Å². The molecule has 30 heavy (non-hydrogen) atoms. The molecule has 2 amide bonds. The molecule has 2 aliphatic rings. The Labute approximate surface area is 178 Å². The number of hydrogen-bond acceptors (Lipinski definition) is 5. The highest BCUT2D eigenvalue weighted by molar-refractivity contribution is 7.91. The summed E-state index contributed by atoms with van der Waals surface area (Å²) in [6.45, 7) is 5.21. The van der Waals surface area contributed by atoms with Crippen LogP contribution in [-0.2, 0) is 28.4 Å². The number of benzene rings is 1. The second-order valence-corrected chi connectivity index (χ2v) is 10.6. The first-order chi connectivity index (χ1) is 14.5. The number of carbonyl (C=O) groups excluding carboxylic acids is 1. The standard InChI is InChI=1S/C22H29N3O4S/c1-13(14-7-8-14)17-10-9-15-5-4-6-18(15)20(17)24-21(26)25-30(23,28)19-11-16(12-29-19)22(2,3)27/h9-14,27H,4-8H2,1-3H3,(H3,23,24,25,26,28)/i9D. The first-order valence-electron chi connectivity index (χ1n) is 10.8. The average molecular weight is 433 g/mol. The predicted molar refractivity (Wildman–Crippen MR) is 115 cm³/mol. The van der Waals surface area contributed by atoms with Gasteiger partial charge in [0, 0.05) is 17.3 Å². The van der Waals surface area contributed by atoms with Crippen LogP contribution in [0.1, 0.15) is 69.6 Å². The molecule has 0 spiro atoms. The van der Waals surface area contributed by atoms with Crippen molar-refractivity contribution >= 4 is 21.6 Å². The van der Waals surface area contributed by atoms with Crippen molar-refractivity contribution < 1.29 is 19.9 Å². The Morgan fingerprint density at radius 1 is 1.43 bits per heavy atom. The van der Waals surface area contributed by atoms with Crippen LogP contribution in [0, 0.1) is 10.7 Å². The largest absolute Gasteiger partial charge is 0.452 e. The normalized spacial score (nSPS) is 19.5. The number of fused-ring (bicyclic) bond motifs is 1. The number of amides is 2. The van der Waals surface area contributed by atoms with Crippen molar-refractivity contribution in [2.24, 2.45) is 5.92 Å². The van der Waals surface area contributed by atoms with E-state index >= 15 is 0 Å². The molecule has 0 radical (unpaired) electrons. The van der Waals surface area contributed by atoms with Crippen LogP contribution in [0.3, 0.4) is 0 Å². The SMILES string of the molecule is [2H]c1cc(C(C)C2CC2)c(NC(=O)NS(=N)(=O)c2cc(C(C)(C)O)co2)c2c1CCC2. The van der Waals surface area contributed by atoms with Crippen LogP contribution in [0.4, 0.5) is 10.5 Å². The number of aliphatic hydroxyl groups is 1. The highest BCUT2D eigenvalue weighted by atomic mass is 32.2. The summed E-state index contributed by atoms with van der Waals surface area (Å²) in [5, 5.41) is 12.7. The van der Waals surface area contributed by atoms with Crippen LogP contribution in [0.2, 0.25) is 0 Å². The van der Waals surface area contributed by atoms with E-state index < -0.39 is 21.5 Å². The monoisotopic (exact) mass is 432 g/mol. The number of rotatable bonds is 6. The van der Waals surface area contributed by atoms with Crippen molar-refractivity contribution in [3.05, 3.63) is 46.7 Å². The number of hydrogen-bond donors (Lipinski definition) is 4. The van der Waals surface area contributed by atoms with Crippen LogP contribution < -0.4 is 10.0 Å². The maximum atomic E-state index is 12.8. The summed E-state index contributed by atoms with van der Waals surface area (Å²) >= 11 is 0. The lowest BCUT2D eigenvalue weighted by Gasteiger charge is -2.20. The third-order valence-electron chi connectivity index (χ3n) is 6.07. The molecule has 0 aliphatic heterocycles. The summed E-state index contributed by atoms with van der Waals surface area (Å²) in [5.74, 6) is 0.760. The number of nitrogens with one attached hydrogen (secondary N) is 3. The minimum atomic E-state index is -3.76. The molecule has 2 unspecified atom stereocenters. The van der Waals surface area contributed by atoms with E-state index in [1.807, 2.05) is 6.07 Å². The van der Waals surface area contributed by atoms with Gasteiger partial charge in [-0.1, -0.05) is 19.0 Å². The lowest BCUT2D eigenvalue weighted by molar-refractivity contribution is 0.0779. The third kappa shape index (κ3) is 4.11. The van der Waals surface area contributed by atoms with Gasteiger partial charge in [-0.05, 0) is 74.5 Å². The van der Waals surface area contributed by atoms with E-state index in [1.54, 1.807) is 13.8 Å². The van der Waals surface area contributed by atoms with Crippen molar-refractivity contribution in [1.29, 1.82) is 4.78 Å². The number of anilines is 1. The van der Waals surface area contributed by atoms with E-state index in [4.69, 9.17) is 10.6 Å². The van der Waals surface area contributed by atoms with Crippen molar-refractivity contribution in [3.8, 4) is 0 Å². The molecule has 4 N–H and O–H groups in total. The lowest BCUT2D eigenvalue weighted by atomic mass is 9.91. The van der Waals surface area contributed by atoms with Crippen molar-refractivity contribution in [2.45, 2.75) is 69.5 Å². The van der Waals surface area contributed by atoms with Gasteiger partial charge in [-0.3, -0.25) is 0 Å². The van der Waals surface area contributed by atoms with Gasteiger partial charge in [-0.2, -0.15) is 0 Å². The zero-order chi connectivity index (χ0) is 22.6. The van der Waals surface area contributed by atoms with E-state index in [-0.39, 0.29) is 11.0 Å². The number of carbonyl (C=O) groups is 1. The Hall–Kier alpha value is -2.32. The Bertz CT molecular complexity index is 1130. The molecule has 7 nitrogen and oxygen atoms in total. The Balaban J connectivity index is 1.60. The first kappa shape index (κ1) is 19.6. The average Bonchev–Trinajstić information content (AvgIpc) is 3.17. The molecule has 4 rings (SSSR count). The molecule has 8 heteroatoms. The van der Waals surface area contributed by atoms with Crippen LogP contribution in [0.5, 0.6) is 0 Å². The van der Waals surface area contributed by atoms with Crippen LogP contribution >= 0.6 is 0 Å². The minimum Gasteiger partial charge on any atom is -0.452 e. The molecular formula is C22H29N3O4S. The van der Waals surface area contributed by atoms with Gasteiger partial charge in [0.05, 0.1) is 13.2 Å². The predicted octanol–water partition coefficient (Wildman–Crippen LogP) is 4.65. The summed E-state index contributed by atoms with van der Waals surface area (Å²) < 4.78 is 36.8. The van der Waals surface area contributed by atoms with E-state index in [9.17, 15) is 14.1 Å². The minimum absolute atomic E-state index is 0.213. The van der Waals surface area contributed by atoms with E-state index in [0.29, 0.717) is 23.2 Å². The molecule has 2 aromatic rings. The quantitative estimate of drug-likeness (QED) is 0.532. The highest BCUT2D eigenvalue weighted by Crippen LogP contribution is 2.46. The Kier molecular flexibility index (Phi) is 4.86. The topological polar surface area (TPSA) is 115 Å². The van der Waals surface area contributed by atoms with Gasteiger partial charge in [0.15, 0.2) is 9.92 Å². The van der Waals surface area contributed by atoms with Gasteiger partial charge in [-0.25, -0.2) is 18.5 Å². The number of furan rings is 1. The second-order valence-electron chi connectivity index (χ2n) is 8.88. The van der Waals surface area contributed by atoms with E-state index in [1.165, 1.54) is 12.3 Å². The molecule has 1 heterocycles. The second kappa shape index (κ2) is 7.42. The summed E-state index contributed by atoms with van der Waals surface area (Å²) in [7, 11) is -3.76. The van der Waals surface area contributed by atoms with Crippen LogP contribution in [0.25, 0.3) is 0 Å². The summed E-state index contributed by atoms with van der Waals surface area (Å²) in [6, 6.07) is 2.93. The van der Waals surface area contributed by atoms with Crippen molar-refractivity contribution in [2.75, 3.05) is 5.32 Å². The van der Waals surface area contributed by atoms with Crippen LogP contribution in [-0.4, -0.2) is 15.3 Å². The lowest BCUT2D eigenvalue weighted by Crippen LogP contribution is -2.34. The maximum absolute atomic E-state index is 12.8. The fourth-order valence-corrected chi connectivity index (χ4v) is 4.94. The van der Waals surface area contributed by atoms with E-state index in [0.717, 1.165) is 48.8 Å². The smallest absolute Gasteiger partial charge is 0.332 e. The van der Waals surface area contributed by atoms with Gasteiger partial charge >= 0.3 is 6.03 Å². The van der Waals surface area contributed by atoms with Gasteiger partial charge in [0.2, 0.25) is 5.09 Å². The van der Waals surface area contributed by atoms with Crippen molar-refractivity contribution in [1.82, 2.24) is 4.72 Å². The molecule has 2 atom stereocenters. The number of urea groups is 1. The zero-order valence-corrected chi connectivity index (χ0v) is 18.3. The Morgan fingerprint density at radius 3 is 2.80 bits per heavy atom. The van der Waals surface area contributed by atoms with Crippen molar-refractivity contribution in [3.63, 3.8) is 0 Å². The first-order valence-corrected chi connectivity index (χ1v) is 11.9. The molecule has 1 aromatic heterocycles. The summed E-state index contributed by atoms with van der Waals surface area (Å²) in [5.41, 5.74) is 2.70. The molecule has 162 valence electrons. The fraction of sp³-hybridized carbons (Fsp3) is 0.500. The van der Waals surface area contributed by atoms with Gasteiger partial charge in [-0.15, -0.1) is 0 Å². The Morgan fingerprint density at radius 2 is 2.17 bits per heavy atom. The molecule has 0 saturated heterocycles. The molecule has 1 aromatic carbocycles. The van der Waals surface area contributed by atoms with Gasteiger partial charge in [0.25, 0.3) is 0 Å². The summed E-state index contributed by atoms with van der Waals surface area (Å²) in [6.07, 6.45) is 6.04. The zero-order valence-electron chi connectivity index (χ0n) is 18.5. The fourth-order valence-electron chi connectivity index (χ4n) is 4.06. The highest BCUT2D eigenvalue weighted by Gasteiger charge is 2.32. The third-order valence-corrected chi connectivity index (χ3v) is 7.32. The molecular weight excluding hydrogens is 402 g/mol. The molecule has 2 aliphatic carbocycles. The molecule has 0 bridgehead atoms. The van der Waals surface area contributed by atoms with Gasteiger partial charge < -0.3 is 14.8 Å².